The minimum absolute atomic E-state index is 0.0475. The first-order valence-corrected chi connectivity index (χ1v) is 5.37. The number of ketones is 1. The maximum atomic E-state index is 12.1. The third-order valence-electron chi connectivity index (χ3n) is 2.71. The third-order valence-corrected chi connectivity index (χ3v) is 2.71. The van der Waals surface area contributed by atoms with Crippen molar-refractivity contribution in [1.29, 1.82) is 0 Å². The predicted octanol–water partition coefficient (Wildman–Crippen LogP) is 2.79. The molecule has 1 aromatic carbocycles. The molecule has 3 nitrogen and oxygen atoms in total. The normalized spacial score (nSPS) is 10.6. The van der Waals surface area contributed by atoms with Gasteiger partial charge in [-0.3, -0.25) is 9.78 Å². The van der Waals surface area contributed by atoms with Crippen LogP contribution in [0.15, 0.2) is 54.9 Å². The molecule has 3 heteroatoms. The lowest BCUT2D eigenvalue weighted by atomic mass is 10.1. The lowest BCUT2D eigenvalue weighted by molar-refractivity contribution is 0.103. The summed E-state index contributed by atoms with van der Waals surface area (Å²) < 4.78 is 0. The number of benzene rings is 1. The summed E-state index contributed by atoms with van der Waals surface area (Å²) >= 11 is 0. The predicted molar refractivity (Wildman–Crippen MR) is 66.0 cm³/mol. The average molecular weight is 222 g/mol. The lowest BCUT2D eigenvalue weighted by Gasteiger charge is -2.00. The van der Waals surface area contributed by atoms with E-state index in [-0.39, 0.29) is 5.78 Å². The van der Waals surface area contributed by atoms with Crippen molar-refractivity contribution in [2.24, 2.45) is 0 Å². The Balaban J connectivity index is 2.06. The summed E-state index contributed by atoms with van der Waals surface area (Å²) in [7, 11) is 0. The Hall–Kier alpha value is -2.42. The number of aromatic nitrogens is 2. The van der Waals surface area contributed by atoms with E-state index in [1.54, 1.807) is 18.3 Å². The van der Waals surface area contributed by atoms with Crippen LogP contribution in [0.3, 0.4) is 0 Å². The van der Waals surface area contributed by atoms with Crippen molar-refractivity contribution in [3.63, 3.8) is 0 Å². The highest BCUT2D eigenvalue weighted by Gasteiger charge is 2.10. The molecule has 0 spiro atoms. The molecule has 0 atom stereocenters. The Kier molecular flexibility index (Phi) is 2.22. The van der Waals surface area contributed by atoms with E-state index in [4.69, 9.17) is 0 Å². The largest absolute Gasteiger partial charge is 0.361 e. The van der Waals surface area contributed by atoms with Gasteiger partial charge in [0, 0.05) is 28.9 Å². The highest BCUT2D eigenvalue weighted by Crippen LogP contribution is 2.16. The molecule has 82 valence electrons. The highest BCUT2D eigenvalue weighted by atomic mass is 16.1. The van der Waals surface area contributed by atoms with Gasteiger partial charge in [0.25, 0.3) is 0 Å². The molecule has 0 radical (unpaired) electrons. The number of carbonyl (C=O) groups is 1. The van der Waals surface area contributed by atoms with Gasteiger partial charge in [-0.05, 0) is 36.4 Å². The maximum absolute atomic E-state index is 12.1. The first-order valence-electron chi connectivity index (χ1n) is 5.37. The molecule has 0 amide bonds. The molecule has 0 aliphatic rings. The van der Waals surface area contributed by atoms with E-state index in [1.165, 1.54) is 0 Å². The monoisotopic (exact) mass is 222 g/mol. The van der Waals surface area contributed by atoms with Gasteiger partial charge in [-0.25, -0.2) is 0 Å². The number of nitrogens with zero attached hydrogens (tertiary/aromatic N) is 1. The van der Waals surface area contributed by atoms with Crippen LogP contribution in [0.2, 0.25) is 0 Å². The fraction of sp³-hybridized carbons (Fsp3) is 0. The molecule has 0 fully saturated rings. The number of H-pyrrole nitrogens is 1. The van der Waals surface area contributed by atoms with E-state index in [1.807, 2.05) is 36.5 Å². The minimum Gasteiger partial charge on any atom is -0.361 e. The van der Waals surface area contributed by atoms with E-state index in [2.05, 4.69) is 9.97 Å². The number of nitrogens with one attached hydrogen (secondary N) is 1. The number of aromatic amines is 1. The van der Waals surface area contributed by atoms with Crippen LogP contribution < -0.4 is 0 Å². The second-order valence-electron chi connectivity index (χ2n) is 3.82. The Morgan fingerprint density at radius 2 is 2.06 bits per heavy atom. The number of fused-ring (bicyclic) bond motifs is 1. The van der Waals surface area contributed by atoms with Gasteiger partial charge in [-0.15, -0.1) is 0 Å². The van der Waals surface area contributed by atoms with Crippen molar-refractivity contribution < 1.29 is 4.79 Å². The zero-order valence-corrected chi connectivity index (χ0v) is 9.05. The van der Waals surface area contributed by atoms with Gasteiger partial charge in [0.05, 0.1) is 0 Å². The zero-order chi connectivity index (χ0) is 11.7. The highest BCUT2D eigenvalue weighted by molar-refractivity contribution is 6.09. The molecule has 0 unspecified atom stereocenters. The Morgan fingerprint density at radius 3 is 2.88 bits per heavy atom. The van der Waals surface area contributed by atoms with Crippen molar-refractivity contribution in [3.05, 3.63) is 66.1 Å². The summed E-state index contributed by atoms with van der Waals surface area (Å²) in [6, 6.07) is 12.9. The van der Waals surface area contributed by atoms with Crippen molar-refractivity contribution in [1.82, 2.24) is 9.97 Å². The minimum atomic E-state index is -0.0475. The molecule has 0 saturated carbocycles. The smallest absolute Gasteiger partial charge is 0.211 e. The van der Waals surface area contributed by atoms with Crippen molar-refractivity contribution in [2.45, 2.75) is 0 Å². The number of rotatable bonds is 2. The van der Waals surface area contributed by atoms with Gasteiger partial charge in [-0.2, -0.15) is 0 Å². The van der Waals surface area contributed by atoms with Crippen LogP contribution in [-0.4, -0.2) is 15.8 Å². The Morgan fingerprint density at radius 1 is 1.12 bits per heavy atom. The zero-order valence-electron chi connectivity index (χ0n) is 9.05. The number of pyridine rings is 1. The van der Waals surface area contributed by atoms with Gasteiger partial charge in [0.2, 0.25) is 5.78 Å². The SMILES string of the molecule is O=C(c1ccc2[nH]ccc2c1)c1ccccn1. The van der Waals surface area contributed by atoms with Crippen molar-refractivity contribution in [3.8, 4) is 0 Å². The van der Waals surface area contributed by atoms with Crippen LogP contribution in [0.25, 0.3) is 10.9 Å². The van der Waals surface area contributed by atoms with Gasteiger partial charge < -0.3 is 4.98 Å². The molecule has 0 saturated heterocycles. The molecular formula is C14H10N2O. The molecule has 0 bridgehead atoms. The molecule has 0 aliphatic carbocycles. The molecule has 3 rings (SSSR count). The topological polar surface area (TPSA) is 45.8 Å². The molecule has 17 heavy (non-hydrogen) atoms. The molecule has 2 heterocycles. The Labute approximate surface area is 98.1 Å². The van der Waals surface area contributed by atoms with E-state index < -0.39 is 0 Å². The Bertz CT molecular complexity index is 671. The van der Waals surface area contributed by atoms with Crippen molar-refractivity contribution in [2.75, 3.05) is 0 Å². The van der Waals surface area contributed by atoms with E-state index in [0.29, 0.717) is 11.3 Å². The molecule has 2 aromatic heterocycles. The van der Waals surface area contributed by atoms with Gasteiger partial charge in [0.1, 0.15) is 5.69 Å². The number of hydrogen-bond acceptors (Lipinski definition) is 2. The van der Waals surface area contributed by atoms with E-state index >= 15 is 0 Å². The average Bonchev–Trinajstić information content (AvgIpc) is 2.86. The van der Waals surface area contributed by atoms with Crippen LogP contribution in [-0.2, 0) is 0 Å². The second kappa shape index (κ2) is 3.87. The van der Waals surface area contributed by atoms with Crippen LogP contribution >= 0.6 is 0 Å². The fourth-order valence-corrected chi connectivity index (χ4v) is 1.84. The first-order chi connectivity index (χ1) is 8.34. The van der Waals surface area contributed by atoms with Gasteiger partial charge >= 0.3 is 0 Å². The molecule has 3 aromatic rings. The molecule has 1 N–H and O–H groups in total. The van der Waals surface area contributed by atoms with E-state index in [0.717, 1.165) is 10.9 Å². The maximum Gasteiger partial charge on any atom is 0.211 e. The van der Waals surface area contributed by atoms with Crippen LogP contribution in [0.5, 0.6) is 0 Å². The third kappa shape index (κ3) is 1.72. The van der Waals surface area contributed by atoms with Crippen molar-refractivity contribution >= 4 is 16.7 Å². The van der Waals surface area contributed by atoms with Gasteiger partial charge in [0.15, 0.2) is 0 Å². The van der Waals surface area contributed by atoms with Crippen LogP contribution in [0.4, 0.5) is 0 Å². The van der Waals surface area contributed by atoms with E-state index in [9.17, 15) is 4.79 Å². The van der Waals surface area contributed by atoms with Gasteiger partial charge in [-0.1, -0.05) is 6.07 Å². The summed E-state index contributed by atoms with van der Waals surface area (Å²) in [5, 5.41) is 1.03. The summed E-state index contributed by atoms with van der Waals surface area (Å²) in [5.74, 6) is -0.0475. The summed E-state index contributed by atoms with van der Waals surface area (Å²) in [6.45, 7) is 0. The summed E-state index contributed by atoms with van der Waals surface area (Å²) in [6.07, 6.45) is 3.49. The second-order valence-corrected chi connectivity index (χ2v) is 3.82. The van der Waals surface area contributed by atoms with Crippen LogP contribution in [0.1, 0.15) is 16.1 Å². The summed E-state index contributed by atoms with van der Waals surface area (Å²) in [4.78, 5) is 19.3. The lowest BCUT2D eigenvalue weighted by Crippen LogP contribution is -2.03. The fourth-order valence-electron chi connectivity index (χ4n) is 1.84. The standard InChI is InChI=1S/C14H10N2O/c17-14(13-3-1-2-7-15-13)11-4-5-12-10(9-11)6-8-16-12/h1-9,16H. The quantitative estimate of drug-likeness (QED) is 0.677. The number of carbonyl (C=O) groups excluding carboxylic acids is 1. The first kappa shape index (κ1) is 9.78. The number of hydrogen-bond donors (Lipinski definition) is 1. The summed E-state index contributed by atoms with van der Waals surface area (Å²) in [5.41, 5.74) is 2.17. The molecule has 0 aliphatic heterocycles. The molecular weight excluding hydrogens is 212 g/mol. The van der Waals surface area contributed by atoms with Crippen LogP contribution in [0, 0.1) is 0 Å².